The molecule has 0 aliphatic heterocycles. The van der Waals surface area contributed by atoms with Crippen LogP contribution in [0.2, 0.25) is 0 Å². The van der Waals surface area contributed by atoms with Crippen molar-refractivity contribution in [3.05, 3.63) is 58.0 Å². The van der Waals surface area contributed by atoms with E-state index in [2.05, 4.69) is 45.4 Å². The topological polar surface area (TPSA) is 49.6 Å². The number of furan rings is 1. The van der Waals surface area contributed by atoms with E-state index < -0.39 is 0 Å². The Balaban J connectivity index is 1.63. The lowest BCUT2D eigenvalue weighted by atomic mass is 10.1. The normalized spacial score (nSPS) is 11.8. The highest BCUT2D eigenvalue weighted by Gasteiger charge is 2.10. The molecule has 0 unspecified atom stereocenters. The Morgan fingerprint density at radius 2 is 2.00 bits per heavy atom. The summed E-state index contributed by atoms with van der Waals surface area (Å²) in [6, 6.07) is 10.2. The molecule has 5 heteroatoms. The fourth-order valence-electron chi connectivity index (χ4n) is 2.36. The summed E-state index contributed by atoms with van der Waals surface area (Å²) in [5, 5.41) is 12.0. The molecule has 0 fully saturated rings. The molecule has 0 amide bonds. The summed E-state index contributed by atoms with van der Waals surface area (Å²) in [5.41, 5.74) is 3.36. The third kappa shape index (κ3) is 3.14. The van der Waals surface area contributed by atoms with E-state index in [4.69, 9.17) is 4.42 Å². The van der Waals surface area contributed by atoms with Gasteiger partial charge in [0.15, 0.2) is 5.96 Å². The van der Waals surface area contributed by atoms with E-state index in [1.807, 2.05) is 18.2 Å². The van der Waals surface area contributed by atoms with Crippen molar-refractivity contribution in [1.82, 2.24) is 10.6 Å². The molecule has 114 valence electrons. The largest absolute Gasteiger partial charge is 0.459 e. The Morgan fingerprint density at radius 1 is 1.18 bits per heavy atom. The van der Waals surface area contributed by atoms with Gasteiger partial charge in [-0.15, -0.1) is 0 Å². The molecule has 22 heavy (non-hydrogen) atoms. The Bertz CT molecular complexity index is 774. The fraction of sp³-hybridized carbons (Fsp3) is 0.235. The van der Waals surface area contributed by atoms with Crippen LogP contribution in [-0.4, -0.2) is 13.0 Å². The molecule has 3 rings (SSSR count). The number of aryl methyl sites for hydroxylation is 1. The second-order valence-corrected chi connectivity index (χ2v) is 5.84. The van der Waals surface area contributed by atoms with Crippen molar-refractivity contribution < 1.29 is 4.42 Å². The molecule has 2 N–H and O–H groups in total. The van der Waals surface area contributed by atoms with Crippen LogP contribution in [-0.2, 0) is 13.1 Å². The van der Waals surface area contributed by atoms with Gasteiger partial charge in [0.05, 0.1) is 6.54 Å². The number of thiophene rings is 1. The highest BCUT2D eigenvalue weighted by atomic mass is 32.1. The summed E-state index contributed by atoms with van der Waals surface area (Å²) in [6.45, 7) is 3.47. The van der Waals surface area contributed by atoms with Gasteiger partial charge in [-0.1, -0.05) is 18.2 Å². The van der Waals surface area contributed by atoms with E-state index in [1.54, 1.807) is 18.4 Å². The zero-order valence-corrected chi connectivity index (χ0v) is 13.5. The van der Waals surface area contributed by atoms with Crippen LogP contribution < -0.4 is 10.6 Å². The summed E-state index contributed by atoms with van der Waals surface area (Å²) >= 11 is 1.70. The van der Waals surface area contributed by atoms with Gasteiger partial charge in [0.1, 0.15) is 11.3 Å². The van der Waals surface area contributed by atoms with Crippen molar-refractivity contribution in [2.24, 2.45) is 4.99 Å². The lowest BCUT2D eigenvalue weighted by Gasteiger charge is -2.10. The van der Waals surface area contributed by atoms with Crippen LogP contribution in [0.15, 0.2) is 50.5 Å². The molecule has 0 aliphatic rings. The number of rotatable bonds is 4. The molecule has 0 saturated heterocycles. The van der Waals surface area contributed by atoms with Crippen molar-refractivity contribution in [3.63, 3.8) is 0 Å². The molecular weight excluding hydrogens is 294 g/mol. The maximum absolute atomic E-state index is 5.90. The summed E-state index contributed by atoms with van der Waals surface area (Å²) in [5.74, 6) is 1.71. The van der Waals surface area contributed by atoms with Gasteiger partial charge in [0.2, 0.25) is 0 Å². The number of guanidine groups is 1. The molecule has 0 bridgehead atoms. The number of hydrogen-bond donors (Lipinski definition) is 2. The van der Waals surface area contributed by atoms with Gasteiger partial charge >= 0.3 is 0 Å². The van der Waals surface area contributed by atoms with Gasteiger partial charge in [-0.3, -0.25) is 4.99 Å². The molecule has 0 saturated carbocycles. The number of fused-ring (bicyclic) bond motifs is 1. The number of aliphatic imine (C=N–C) groups is 1. The highest BCUT2D eigenvalue weighted by molar-refractivity contribution is 7.07. The molecular formula is C17H19N3OS. The average Bonchev–Trinajstić information content (AvgIpc) is 3.17. The van der Waals surface area contributed by atoms with Crippen LogP contribution >= 0.6 is 11.3 Å². The molecule has 0 atom stereocenters. The van der Waals surface area contributed by atoms with Crippen LogP contribution in [0.1, 0.15) is 16.9 Å². The lowest BCUT2D eigenvalue weighted by Crippen LogP contribution is -2.36. The molecule has 0 spiro atoms. The predicted molar refractivity (Wildman–Crippen MR) is 92.3 cm³/mol. The zero-order chi connectivity index (χ0) is 15.4. The summed E-state index contributed by atoms with van der Waals surface area (Å²) in [4.78, 5) is 4.24. The molecule has 2 heterocycles. The second kappa shape index (κ2) is 6.66. The van der Waals surface area contributed by atoms with Crippen molar-refractivity contribution in [3.8, 4) is 0 Å². The maximum Gasteiger partial charge on any atom is 0.191 e. The van der Waals surface area contributed by atoms with E-state index in [0.717, 1.165) is 23.8 Å². The van der Waals surface area contributed by atoms with Gasteiger partial charge in [0, 0.05) is 24.5 Å². The van der Waals surface area contributed by atoms with Gasteiger partial charge in [-0.05, 0) is 35.4 Å². The third-order valence-corrected chi connectivity index (χ3v) is 4.35. The average molecular weight is 313 g/mol. The van der Waals surface area contributed by atoms with Gasteiger partial charge < -0.3 is 15.1 Å². The van der Waals surface area contributed by atoms with Crippen LogP contribution in [0, 0.1) is 6.92 Å². The lowest BCUT2D eigenvalue weighted by molar-refractivity contribution is 0.534. The first kappa shape index (κ1) is 14.7. The van der Waals surface area contributed by atoms with E-state index in [9.17, 15) is 0 Å². The maximum atomic E-state index is 5.90. The standard InChI is InChI=1S/C17H19N3OS/c1-12-14-5-3-4-6-15(14)21-16(12)10-20-17(18-2)19-9-13-7-8-22-11-13/h3-8,11H,9-10H2,1-2H3,(H2,18,19,20). The summed E-state index contributed by atoms with van der Waals surface area (Å²) in [6.07, 6.45) is 0. The third-order valence-electron chi connectivity index (χ3n) is 3.62. The molecule has 1 aromatic carbocycles. The predicted octanol–water partition coefficient (Wildman–Crippen LogP) is 3.67. The number of nitrogens with zero attached hydrogens (tertiary/aromatic N) is 1. The summed E-state index contributed by atoms with van der Waals surface area (Å²) < 4.78 is 5.90. The van der Waals surface area contributed by atoms with Crippen molar-refractivity contribution in [2.75, 3.05) is 7.05 Å². The summed E-state index contributed by atoms with van der Waals surface area (Å²) in [7, 11) is 1.77. The molecule has 3 aromatic rings. The van der Waals surface area contributed by atoms with Gasteiger partial charge in [0.25, 0.3) is 0 Å². The van der Waals surface area contributed by atoms with Crippen LogP contribution in [0.3, 0.4) is 0 Å². The van der Waals surface area contributed by atoms with E-state index >= 15 is 0 Å². The second-order valence-electron chi connectivity index (χ2n) is 5.06. The Kier molecular flexibility index (Phi) is 4.44. The smallest absolute Gasteiger partial charge is 0.191 e. The Labute approximate surface area is 133 Å². The Hall–Kier alpha value is -2.27. The van der Waals surface area contributed by atoms with Crippen LogP contribution in [0.5, 0.6) is 0 Å². The van der Waals surface area contributed by atoms with E-state index in [1.165, 1.54) is 16.5 Å². The van der Waals surface area contributed by atoms with Crippen LogP contribution in [0.4, 0.5) is 0 Å². The minimum Gasteiger partial charge on any atom is -0.459 e. The minimum absolute atomic E-state index is 0.615. The monoisotopic (exact) mass is 313 g/mol. The fourth-order valence-corrected chi connectivity index (χ4v) is 3.03. The van der Waals surface area contributed by atoms with E-state index in [0.29, 0.717) is 6.54 Å². The number of nitrogens with one attached hydrogen (secondary N) is 2. The molecule has 4 nitrogen and oxygen atoms in total. The number of benzene rings is 1. The highest BCUT2D eigenvalue weighted by Crippen LogP contribution is 2.24. The van der Waals surface area contributed by atoms with Crippen molar-refractivity contribution in [1.29, 1.82) is 0 Å². The Morgan fingerprint density at radius 3 is 2.73 bits per heavy atom. The van der Waals surface area contributed by atoms with Gasteiger partial charge in [-0.25, -0.2) is 0 Å². The first-order chi connectivity index (χ1) is 10.8. The van der Waals surface area contributed by atoms with Crippen molar-refractivity contribution >= 4 is 28.3 Å². The number of para-hydroxylation sites is 1. The van der Waals surface area contributed by atoms with Gasteiger partial charge in [-0.2, -0.15) is 11.3 Å². The molecule has 0 radical (unpaired) electrons. The minimum atomic E-state index is 0.615. The quantitative estimate of drug-likeness (QED) is 0.571. The SMILES string of the molecule is CN=C(NCc1ccsc1)NCc1oc2ccccc2c1C. The number of hydrogen-bond acceptors (Lipinski definition) is 3. The zero-order valence-electron chi connectivity index (χ0n) is 12.7. The van der Waals surface area contributed by atoms with Crippen molar-refractivity contribution in [2.45, 2.75) is 20.0 Å². The first-order valence-electron chi connectivity index (χ1n) is 7.20. The van der Waals surface area contributed by atoms with Crippen LogP contribution in [0.25, 0.3) is 11.0 Å². The first-order valence-corrected chi connectivity index (χ1v) is 8.15. The molecule has 0 aliphatic carbocycles. The van der Waals surface area contributed by atoms with E-state index in [-0.39, 0.29) is 0 Å². The molecule has 2 aromatic heterocycles.